The zero-order chi connectivity index (χ0) is 11.5. The van der Waals surface area contributed by atoms with Gasteiger partial charge in [0.15, 0.2) is 0 Å². The minimum atomic E-state index is 0.669. The third kappa shape index (κ3) is 2.69. The molecule has 1 fully saturated rings. The van der Waals surface area contributed by atoms with Crippen molar-refractivity contribution in [2.45, 2.75) is 19.3 Å². The monoisotopic (exact) mass is 256 g/mol. The molecule has 1 aliphatic rings. The summed E-state index contributed by atoms with van der Waals surface area (Å²) in [6.45, 7) is 1.88. The van der Waals surface area contributed by atoms with E-state index in [0.717, 1.165) is 48.8 Å². The average Bonchev–Trinajstić information content (AvgIpc) is 2.63. The molecule has 0 unspecified atom stereocenters. The number of nitrogens with zero attached hydrogens (tertiary/aromatic N) is 1. The van der Waals surface area contributed by atoms with Gasteiger partial charge in [0.1, 0.15) is 0 Å². The third-order valence-electron chi connectivity index (χ3n) is 2.89. The quantitative estimate of drug-likeness (QED) is 0.879. The molecule has 16 heavy (non-hydrogen) atoms. The highest BCUT2D eigenvalue weighted by atomic mass is 35.5. The Morgan fingerprint density at radius 3 is 2.75 bits per heavy atom. The van der Waals surface area contributed by atoms with Gasteiger partial charge in [-0.2, -0.15) is 0 Å². The molecule has 0 atom stereocenters. The van der Waals surface area contributed by atoms with E-state index in [2.05, 4.69) is 4.90 Å². The summed E-state index contributed by atoms with van der Waals surface area (Å²) in [5.74, 6) is 0.755. The summed E-state index contributed by atoms with van der Waals surface area (Å²) in [5.41, 5.74) is 1.10. The van der Waals surface area contributed by atoms with Gasteiger partial charge in [-0.3, -0.25) is 5.41 Å². The van der Waals surface area contributed by atoms with Gasteiger partial charge in [0, 0.05) is 29.6 Å². The molecule has 4 heteroatoms. The van der Waals surface area contributed by atoms with Gasteiger partial charge in [-0.1, -0.05) is 29.3 Å². The van der Waals surface area contributed by atoms with Crippen molar-refractivity contribution in [3.05, 3.63) is 33.8 Å². The maximum absolute atomic E-state index is 7.73. The number of hydrogen-bond acceptors (Lipinski definition) is 1. The molecule has 0 spiro atoms. The molecular weight excluding hydrogens is 243 g/mol. The van der Waals surface area contributed by atoms with E-state index in [4.69, 9.17) is 28.6 Å². The van der Waals surface area contributed by atoms with Crippen LogP contribution in [0.2, 0.25) is 10.0 Å². The summed E-state index contributed by atoms with van der Waals surface area (Å²) >= 11 is 11.9. The Morgan fingerprint density at radius 1 is 1.31 bits per heavy atom. The zero-order valence-corrected chi connectivity index (χ0v) is 10.5. The van der Waals surface area contributed by atoms with Crippen LogP contribution in [0.1, 0.15) is 18.4 Å². The number of amidine groups is 1. The predicted octanol–water partition coefficient (Wildman–Crippen LogP) is 3.61. The Hall–Kier alpha value is -0.730. The van der Waals surface area contributed by atoms with E-state index in [9.17, 15) is 0 Å². The Bertz CT molecular complexity index is 404. The molecular formula is C12H14Cl2N2. The minimum Gasteiger partial charge on any atom is -0.360 e. The van der Waals surface area contributed by atoms with Crippen LogP contribution < -0.4 is 0 Å². The van der Waals surface area contributed by atoms with Crippen molar-refractivity contribution >= 4 is 29.0 Å². The second-order valence-electron chi connectivity index (χ2n) is 4.02. The lowest BCUT2D eigenvalue weighted by Crippen LogP contribution is -2.26. The van der Waals surface area contributed by atoms with Crippen LogP contribution in [0.4, 0.5) is 0 Å². The fourth-order valence-corrected chi connectivity index (χ4v) is 2.46. The van der Waals surface area contributed by atoms with Crippen LogP contribution >= 0.6 is 23.2 Å². The smallest absolute Gasteiger partial charge is 0.0958 e. The molecule has 0 radical (unpaired) electrons. The molecule has 0 aliphatic carbocycles. The number of rotatable bonds is 3. The van der Waals surface area contributed by atoms with E-state index >= 15 is 0 Å². The van der Waals surface area contributed by atoms with Crippen LogP contribution in [-0.4, -0.2) is 23.8 Å². The lowest BCUT2D eigenvalue weighted by Gasteiger charge is -2.17. The molecule has 1 N–H and O–H groups in total. The third-order valence-corrected chi connectivity index (χ3v) is 3.48. The molecule has 1 aromatic rings. The van der Waals surface area contributed by atoms with Gasteiger partial charge in [0.05, 0.1) is 5.84 Å². The van der Waals surface area contributed by atoms with Crippen molar-refractivity contribution in [1.29, 1.82) is 5.41 Å². The van der Waals surface area contributed by atoms with Crippen LogP contribution in [0.5, 0.6) is 0 Å². The second-order valence-corrected chi connectivity index (χ2v) is 4.87. The molecule has 1 saturated heterocycles. The second kappa shape index (κ2) is 5.07. The summed E-state index contributed by atoms with van der Waals surface area (Å²) in [6, 6.07) is 5.59. The fourth-order valence-electron chi connectivity index (χ4n) is 1.96. The highest BCUT2D eigenvalue weighted by Gasteiger charge is 2.16. The van der Waals surface area contributed by atoms with Crippen LogP contribution in [0.15, 0.2) is 18.2 Å². The van der Waals surface area contributed by atoms with Crippen LogP contribution in [0, 0.1) is 5.41 Å². The first kappa shape index (κ1) is 11.7. The minimum absolute atomic E-state index is 0.669. The van der Waals surface area contributed by atoms with Crippen molar-refractivity contribution < 1.29 is 0 Å². The number of benzene rings is 1. The maximum Gasteiger partial charge on any atom is 0.0958 e. The largest absolute Gasteiger partial charge is 0.360 e. The number of nitrogens with one attached hydrogen (secondary N) is 1. The lowest BCUT2D eigenvalue weighted by atomic mass is 10.1. The van der Waals surface area contributed by atoms with Crippen molar-refractivity contribution in [3.63, 3.8) is 0 Å². The van der Waals surface area contributed by atoms with Gasteiger partial charge in [-0.05, 0) is 30.5 Å². The van der Waals surface area contributed by atoms with E-state index in [1.807, 2.05) is 12.1 Å². The SMILES string of the molecule is N=C1CCCN1CCc1ccc(Cl)cc1Cl. The summed E-state index contributed by atoms with van der Waals surface area (Å²) in [7, 11) is 0. The summed E-state index contributed by atoms with van der Waals surface area (Å²) < 4.78 is 0. The average molecular weight is 257 g/mol. The van der Waals surface area contributed by atoms with Crippen molar-refractivity contribution in [3.8, 4) is 0 Å². The van der Waals surface area contributed by atoms with E-state index < -0.39 is 0 Å². The fraction of sp³-hybridized carbons (Fsp3) is 0.417. The topological polar surface area (TPSA) is 27.1 Å². The Balaban J connectivity index is 1.96. The molecule has 0 aromatic heterocycles. The molecule has 2 rings (SSSR count). The molecule has 1 aromatic carbocycles. The lowest BCUT2D eigenvalue weighted by molar-refractivity contribution is 0.455. The van der Waals surface area contributed by atoms with E-state index in [0.29, 0.717) is 5.02 Å². The summed E-state index contributed by atoms with van der Waals surface area (Å²) in [4.78, 5) is 2.12. The van der Waals surface area contributed by atoms with Crippen LogP contribution in [0.25, 0.3) is 0 Å². The molecule has 0 amide bonds. The van der Waals surface area contributed by atoms with Gasteiger partial charge in [-0.15, -0.1) is 0 Å². The molecule has 1 heterocycles. The van der Waals surface area contributed by atoms with Gasteiger partial charge in [0.2, 0.25) is 0 Å². The van der Waals surface area contributed by atoms with E-state index in [-0.39, 0.29) is 0 Å². The Morgan fingerprint density at radius 2 is 2.12 bits per heavy atom. The Kier molecular flexibility index (Phi) is 3.72. The molecule has 0 bridgehead atoms. The molecule has 1 aliphatic heterocycles. The Labute approximate surface area is 106 Å². The van der Waals surface area contributed by atoms with Crippen molar-refractivity contribution in [2.75, 3.05) is 13.1 Å². The first-order valence-corrected chi connectivity index (χ1v) is 6.19. The van der Waals surface area contributed by atoms with Gasteiger partial charge < -0.3 is 4.90 Å². The van der Waals surface area contributed by atoms with E-state index in [1.165, 1.54) is 0 Å². The first-order chi connectivity index (χ1) is 7.66. The standard InChI is InChI=1S/C12H14Cl2N2/c13-10-4-3-9(11(14)8-10)5-7-16-6-1-2-12(16)15/h3-4,8,15H,1-2,5-7H2. The van der Waals surface area contributed by atoms with Crippen LogP contribution in [-0.2, 0) is 6.42 Å². The number of hydrogen-bond donors (Lipinski definition) is 1. The van der Waals surface area contributed by atoms with Gasteiger partial charge >= 0.3 is 0 Å². The predicted molar refractivity (Wildman–Crippen MR) is 68.7 cm³/mol. The van der Waals surface area contributed by atoms with Gasteiger partial charge in [-0.25, -0.2) is 0 Å². The number of halogens is 2. The normalized spacial score (nSPS) is 15.9. The maximum atomic E-state index is 7.73. The molecule has 86 valence electrons. The van der Waals surface area contributed by atoms with Crippen molar-refractivity contribution in [2.24, 2.45) is 0 Å². The highest BCUT2D eigenvalue weighted by molar-refractivity contribution is 6.35. The number of likely N-dealkylation sites (tertiary alicyclic amines) is 1. The molecule has 2 nitrogen and oxygen atoms in total. The molecule has 0 saturated carbocycles. The summed E-state index contributed by atoms with van der Waals surface area (Å²) in [5, 5.41) is 9.12. The van der Waals surface area contributed by atoms with Crippen LogP contribution in [0.3, 0.4) is 0 Å². The van der Waals surface area contributed by atoms with Crippen molar-refractivity contribution in [1.82, 2.24) is 4.90 Å². The highest BCUT2D eigenvalue weighted by Crippen LogP contribution is 2.22. The summed E-state index contributed by atoms with van der Waals surface area (Å²) in [6.07, 6.45) is 2.89. The van der Waals surface area contributed by atoms with E-state index in [1.54, 1.807) is 6.07 Å². The zero-order valence-electron chi connectivity index (χ0n) is 8.97. The first-order valence-electron chi connectivity index (χ1n) is 5.43. The van der Waals surface area contributed by atoms with Gasteiger partial charge in [0.25, 0.3) is 0 Å².